The Morgan fingerprint density at radius 1 is 0.359 bits per heavy atom. The van der Waals surface area contributed by atoms with Crippen molar-refractivity contribution in [2.24, 2.45) is 11.8 Å². The van der Waals surface area contributed by atoms with E-state index in [4.69, 9.17) is 0 Å². The zero-order valence-electron chi connectivity index (χ0n) is 35.8. The third kappa shape index (κ3) is 5.13. The van der Waals surface area contributed by atoms with Gasteiger partial charge >= 0.3 is 0 Å². The molecule has 64 heavy (non-hydrogen) atoms. The predicted molar refractivity (Wildman–Crippen MR) is 265 cm³/mol. The minimum Gasteiger partial charge on any atom is -0.310 e. The van der Waals surface area contributed by atoms with Gasteiger partial charge in [0.1, 0.15) is 0 Å². The molecule has 0 N–H and O–H groups in total. The highest BCUT2D eigenvalue weighted by molar-refractivity contribution is 6.00. The molecule has 9 aromatic rings. The molecule has 304 valence electrons. The Labute approximate surface area is 376 Å². The van der Waals surface area contributed by atoms with Crippen LogP contribution in [-0.4, -0.2) is 0 Å². The summed E-state index contributed by atoms with van der Waals surface area (Å²) < 4.78 is 0. The molecule has 0 aliphatic heterocycles. The molecule has 1 spiro atoms. The van der Waals surface area contributed by atoms with E-state index in [9.17, 15) is 0 Å². The molecule has 9 aromatic carbocycles. The van der Waals surface area contributed by atoms with Crippen molar-refractivity contribution in [2.45, 2.75) is 42.9 Å². The van der Waals surface area contributed by atoms with Gasteiger partial charge in [-0.25, -0.2) is 0 Å². The highest BCUT2D eigenvalue weighted by Gasteiger charge is 2.54. The van der Waals surface area contributed by atoms with Crippen LogP contribution in [0.15, 0.2) is 212 Å². The van der Waals surface area contributed by atoms with Gasteiger partial charge in [-0.05, 0) is 163 Å². The van der Waals surface area contributed by atoms with E-state index < -0.39 is 0 Å². The van der Waals surface area contributed by atoms with Gasteiger partial charge in [0.2, 0.25) is 0 Å². The summed E-state index contributed by atoms with van der Waals surface area (Å²) >= 11 is 0. The molecular formula is C63H47N. The molecule has 5 atom stereocenters. The molecule has 0 saturated heterocycles. The Morgan fingerprint density at radius 2 is 0.922 bits per heavy atom. The van der Waals surface area contributed by atoms with Crippen LogP contribution in [0.4, 0.5) is 17.1 Å². The first-order valence-corrected chi connectivity index (χ1v) is 23.4. The molecule has 2 saturated carbocycles. The van der Waals surface area contributed by atoms with Crippen molar-refractivity contribution in [3.63, 3.8) is 0 Å². The number of fused-ring (bicyclic) bond motifs is 15. The summed E-state index contributed by atoms with van der Waals surface area (Å²) in [7, 11) is 0. The van der Waals surface area contributed by atoms with Gasteiger partial charge in [-0.3, -0.25) is 0 Å². The van der Waals surface area contributed by atoms with Crippen molar-refractivity contribution in [1.82, 2.24) is 0 Å². The van der Waals surface area contributed by atoms with E-state index in [0.29, 0.717) is 5.92 Å². The van der Waals surface area contributed by atoms with Crippen molar-refractivity contribution in [1.29, 1.82) is 0 Å². The molecule has 0 amide bonds. The number of benzene rings is 9. The fourth-order valence-electron chi connectivity index (χ4n) is 13.6. The predicted octanol–water partition coefficient (Wildman–Crippen LogP) is 16.5. The van der Waals surface area contributed by atoms with Gasteiger partial charge in [-0.1, -0.05) is 182 Å². The normalized spacial score (nSPS) is 21.2. The molecule has 5 aliphatic rings. The Morgan fingerprint density at radius 3 is 1.67 bits per heavy atom. The fraction of sp³-hybridized carbons (Fsp3) is 0.143. The minimum atomic E-state index is -0.360. The Balaban J connectivity index is 0.927. The van der Waals surface area contributed by atoms with Crippen LogP contribution >= 0.6 is 0 Å². The Kier molecular flexibility index (Phi) is 7.87. The standard InChI is InChI=1S/C63H47N/c1-3-14-41(15-4-1)42-26-30-47(31-27-42)64(61-25-12-9-18-49(61)43-16-5-2-6-17-43)48-32-28-44(29-33-48)50-21-13-24-59-62(50)52-20-8-11-23-58(52)63(59)57-22-10-7-19-51(57)56-38-54-46-35-40-34-45(37-46)53(36-40)55(54)39-60(56)63/h1-33,38-40,45-46,53H,34-37H2. The molecule has 1 heteroatoms. The van der Waals surface area contributed by atoms with Gasteiger partial charge in [0.05, 0.1) is 11.1 Å². The van der Waals surface area contributed by atoms with E-state index in [2.05, 4.69) is 217 Å². The van der Waals surface area contributed by atoms with Gasteiger partial charge in [0, 0.05) is 16.9 Å². The molecule has 0 radical (unpaired) electrons. The molecule has 3 bridgehead atoms. The number of hydrogen-bond donors (Lipinski definition) is 0. The van der Waals surface area contributed by atoms with Crippen molar-refractivity contribution in [3.8, 4) is 55.6 Å². The number of nitrogens with zero attached hydrogens (tertiary/aromatic N) is 1. The van der Waals surface area contributed by atoms with Crippen LogP contribution in [0.3, 0.4) is 0 Å². The summed E-state index contributed by atoms with van der Waals surface area (Å²) in [6.07, 6.45) is 5.60. The van der Waals surface area contributed by atoms with E-state index in [0.717, 1.165) is 34.8 Å². The maximum Gasteiger partial charge on any atom is 0.0725 e. The topological polar surface area (TPSA) is 3.24 Å². The second-order valence-corrected chi connectivity index (χ2v) is 19.1. The molecule has 0 aromatic heterocycles. The second-order valence-electron chi connectivity index (χ2n) is 19.1. The summed E-state index contributed by atoms with van der Waals surface area (Å²) in [5.41, 5.74) is 25.1. The summed E-state index contributed by atoms with van der Waals surface area (Å²) in [6, 6.07) is 79.9. The van der Waals surface area contributed by atoms with Crippen molar-refractivity contribution < 1.29 is 0 Å². The largest absolute Gasteiger partial charge is 0.310 e. The monoisotopic (exact) mass is 817 g/mol. The number of para-hydroxylation sites is 1. The third-order valence-electron chi connectivity index (χ3n) is 16.1. The highest BCUT2D eigenvalue weighted by Crippen LogP contribution is 2.67. The quantitative estimate of drug-likeness (QED) is 0.162. The van der Waals surface area contributed by atoms with E-state index >= 15 is 0 Å². The smallest absolute Gasteiger partial charge is 0.0725 e. The van der Waals surface area contributed by atoms with E-state index in [1.54, 1.807) is 11.1 Å². The lowest BCUT2D eigenvalue weighted by Crippen LogP contribution is -2.27. The average Bonchev–Trinajstić information content (AvgIpc) is 3.93. The minimum absolute atomic E-state index is 0.360. The SMILES string of the molecule is c1ccc(-c2ccc(N(c3ccc(-c4cccc5c4-c4ccccc4C54c5ccccc5-c5cc6c(cc54)C4CC5CC6CC4C5)cc3)c3ccccc3-c3ccccc3)cc2)cc1. The van der Waals surface area contributed by atoms with Gasteiger partial charge in [-0.2, -0.15) is 0 Å². The first kappa shape index (κ1) is 36.3. The van der Waals surface area contributed by atoms with Crippen LogP contribution < -0.4 is 4.90 Å². The van der Waals surface area contributed by atoms with Crippen LogP contribution in [0.25, 0.3) is 55.6 Å². The third-order valence-corrected chi connectivity index (χ3v) is 16.1. The lowest BCUT2D eigenvalue weighted by Gasteiger charge is -2.38. The molecule has 5 aliphatic carbocycles. The lowest BCUT2D eigenvalue weighted by molar-refractivity contribution is 0.296. The van der Waals surface area contributed by atoms with Gasteiger partial charge in [-0.15, -0.1) is 0 Å². The molecule has 1 nitrogen and oxygen atoms in total. The van der Waals surface area contributed by atoms with Crippen LogP contribution in [0.1, 0.15) is 70.9 Å². The number of anilines is 3. The number of rotatable bonds is 6. The maximum absolute atomic E-state index is 2.74. The fourth-order valence-corrected chi connectivity index (χ4v) is 13.6. The molecule has 2 fully saturated rings. The van der Waals surface area contributed by atoms with Gasteiger partial charge in [0.15, 0.2) is 0 Å². The molecule has 14 rings (SSSR count). The summed E-state index contributed by atoms with van der Waals surface area (Å²) in [5, 5.41) is 0. The van der Waals surface area contributed by atoms with Crippen LogP contribution in [0.2, 0.25) is 0 Å². The van der Waals surface area contributed by atoms with Crippen LogP contribution in [0.5, 0.6) is 0 Å². The maximum atomic E-state index is 2.74. The zero-order chi connectivity index (χ0) is 41.9. The molecular weight excluding hydrogens is 771 g/mol. The first-order valence-electron chi connectivity index (χ1n) is 23.4. The van der Waals surface area contributed by atoms with E-state index in [1.807, 2.05) is 0 Å². The summed E-state index contributed by atoms with van der Waals surface area (Å²) in [5.74, 6) is 3.21. The average molecular weight is 818 g/mol. The Bertz CT molecular complexity index is 3290. The highest BCUT2D eigenvalue weighted by atomic mass is 15.1. The van der Waals surface area contributed by atoms with Gasteiger partial charge in [0.25, 0.3) is 0 Å². The Hall–Kier alpha value is -7.22. The van der Waals surface area contributed by atoms with Crippen LogP contribution in [0, 0.1) is 11.8 Å². The van der Waals surface area contributed by atoms with Gasteiger partial charge < -0.3 is 4.90 Å². The zero-order valence-corrected chi connectivity index (χ0v) is 35.8. The van der Waals surface area contributed by atoms with E-state index in [1.165, 1.54) is 104 Å². The molecule has 5 unspecified atom stereocenters. The van der Waals surface area contributed by atoms with Crippen LogP contribution in [-0.2, 0) is 5.41 Å². The van der Waals surface area contributed by atoms with Crippen molar-refractivity contribution >= 4 is 17.1 Å². The molecule has 0 heterocycles. The first-order chi connectivity index (χ1) is 31.7. The lowest BCUT2D eigenvalue weighted by atomic mass is 9.66. The second kappa shape index (κ2) is 13.9. The number of hydrogen-bond acceptors (Lipinski definition) is 1. The van der Waals surface area contributed by atoms with Crippen molar-refractivity contribution in [3.05, 3.63) is 246 Å². The summed E-state index contributed by atoms with van der Waals surface area (Å²) in [6.45, 7) is 0. The van der Waals surface area contributed by atoms with Crippen molar-refractivity contribution in [2.75, 3.05) is 4.90 Å². The van der Waals surface area contributed by atoms with E-state index in [-0.39, 0.29) is 5.41 Å². The summed E-state index contributed by atoms with van der Waals surface area (Å²) in [4.78, 5) is 2.42.